The maximum absolute atomic E-state index is 13.9. The molecular formula is C34H40FN3O3. The van der Waals surface area contributed by atoms with Gasteiger partial charge in [-0.25, -0.2) is 4.39 Å². The number of aromatic nitrogens is 1. The minimum atomic E-state index is -0.337. The van der Waals surface area contributed by atoms with E-state index in [-0.39, 0.29) is 36.1 Å². The molecule has 2 amide bonds. The van der Waals surface area contributed by atoms with Crippen molar-refractivity contribution in [1.82, 2.24) is 14.8 Å². The fourth-order valence-corrected chi connectivity index (χ4v) is 4.84. The minimum Gasteiger partial charge on any atom is -0.494 e. The Labute approximate surface area is 242 Å². The number of nitrogens with zero attached hydrogens (tertiary/aromatic N) is 2. The highest BCUT2D eigenvalue weighted by molar-refractivity contribution is 5.85. The highest BCUT2D eigenvalue weighted by atomic mass is 19.1. The van der Waals surface area contributed by atoms with Gasteiger partial charge < -0.3 is 19.5 Å². The highest BCUT2D eigenvalue weighted by Gasteiger charge is 2.25. The topological polar surface area (TPSA) is 65.6 Å². The van der Waals surface area contributed by atoms with Gasteiger partial charge in [-0.05, 0) is 65.8 Å². The number of amides is 2. The number of para-hydroxylation sites is 1. The molecule has 7 heteroatoms. The average Bonchev–Trinajstić information content (AvgIpc) is 3.35. The summed E-state index contributed by atoms with van der Waals surface area (Å²) in [6, 6.07) is 22.0. The molecule has 0 saturated heterocycles. The van der Waals surface area contributed by atoms with Gasteiger partial charge in [0.25, 0.3) is 0 Å². The van der Waals surface area contributed by atoms with Crippen LogP contribution in [0.3, 0.4) is 0 Å². The molecule has 0 unspecified atom stereocenters. The van der Waals surface area contributed by atoms with E-state index in [1.807, 2.05) is 81.3 Å². The lowest BCUT2D eigenvalue weighted by molar-refractivity contribution is -0.142. The number of halogens is 1. The third kappa shape index (κ3) is 8.68. The molecule has 3 aromatic carbocycles. The molecule has 0 atom stereocenters. The first-order valence-corrected chi connectivity index (χ1v) is 14.2. The summed E-state index contributed by atoms with van der Waals surface area (Å²) in [6.45, 7) is 9.61. The maximum Gasteiger partial charge on any atom is 0.242 e. The third-order valence-electron chi connectivity index (χ3n) is 6.93. The van der Waals surface area contributed by atoms with E-state index in [2.05, 4.69) is 11.1 Å². The van der Waals surface area contributed by atoms with Crippen molar-refractivity contribution in [1.29, 1.82) is 0 Å². The standard InChI is InChI=1S/C34H40FN3O3/c1-5-41-29-16-12-26(13-17-29)22-37(19-18-27-21-36-31-9-7-6-8-30(27)31)33(40)24-38(32(39)20-34(2,3)4)23-25-10-14-28(35)15-11-25/h6-17,21,36H,5,18-20,22-24H2,1-4H3. The van der Waals surface area contributed by atoms with Crippen molar-refractivity contribution in [3.63, 3.8) is 0 Å². The lowest BCUT2D eigenvalue weighted by Crippen LogP contribution is -2.43. The number of aromatic amines is 1. The summed E-state index contributed by atoms with van der Waals surface area (Å²) in [5, 5.41) is 1.14. The summed E-state index contributed by atoms with van der Waals surface area (Å²) >= 11 is 0. The average molecular weight is 558 g/mol. The summed E-state index contributed by atoms with van der Waals surface area (Å²) in [5.74, 6) is 0.207. The van der Waals surface area contributed by atoms with Crippen LogP contribution >= 0.6 is 0 Å². The van der Waals surface area contributed by atoms with E-state index in [1.165, 1.54) is 12.1 Å². The number of H-pyrrole nitrogens is 1. The van der Waals surface area contributed by atoms with Crippen molar-refractivity contribution < 1.29 is 18.7 Å². The number of nitrogens with one attached hydrogen (secondary N) is 1. The van der Waals surface area contributed by atoms with E-state index in [0.717, 1.165) is 33.3 Å². The molecule has 0 fully saturated rings. The smallest absolute Gasteiger partial charge is 0.242 e. The number of carbonyl (C=O) groups excluding carboxylic acids is 2. The number of ether oxygens (including phenoxy) is 1. The predicted molar refractivity (Wildman–Crippen MR) is 161 cm³/mol. The van der Waals surface area contributed by atoms with Gasteiger partial charge in [-0.3, -0.25) is 9.59 Å². The quantitative estimate of drug-likeness (QED) is 0.210. The molecule has 0 aliphatic rings. The predicted octanol–water partition coefficient (Wildman–Crippen LogP) is 6.74. The van der Waals surface area contributed by atoms with Crippen molar-refractivity contribution in [2.45, 2.75) is 53.6 Å². The molecule has 0 spiro atoms. The molecule has 4 aromatic rings. The second kappa shape index (κ2) is 13.5. The van der Waals surface area contributed by atoms with Crippen molar-refractivity contribution >= 4 is 22.7 Å². The van der Waals surface area contributed by atoms with Crippen molar-refractivity contribution in [3.8, 4) is 5.75 Å². The van der Waals surface area contributed by atoms with Gasteiger partial charge >= 0.3 is 0 Å². The van der Waals surface area contributed by atoms with Crippen LogP contribution in [0.25, 0.3) is 10.9 Å². The van der Waals surface area contributed by atoms with E-state index in [9.17, 15) is 14.0 Å². The van der Waals surface area contributed by atoms with Gasteiger partial charge in [-0.1, -0.05) is 63.2 Å². The highest BCUT2D eigenvalue weighted by Crippen LogP contribution is 2.22. The number of hydrogen-bond acceptors (Lipinski definition) is 3. The first-order chi connectivity index (χ1) is 19.6. The summed E-state index contributed by atoms with van der Waals surface area (Å²) in [5.41, 5.74) is 3.71. The van der Waals surface area contributed by atoms with E-state index < -0.39 is 0 Å². The first kappa shape index (κ1) is 29.8. The van der Waals surface area contributed by atoms with Crippen LogP contribution in [0.5, 0.6) is 5.75 Å². The van der Waals surface area contributed by atoms with Gasteiger partial charge in [0.15, 0.2) is 0 Å². The Morgan fingerprint density at radius 2 is 1.49 bits per heavy atom. The van der Waals surface area contributed by atoms with Gasteiger partial charge in [0.1, 0.15) is 18.1 Å². The summed E-state index contributed by atoms with van der Waals surface area (Å²) < 4.78 is 19.1. The maximum atomic E-state index is 13.9. The van der Waals surface area contributed by atoms with Crippen LogP contribution in [0.1, 0.15) is 50.8 Å². The molecule has 0 aliphatic carbocycles. The van der Waals surface area contributed by atoms with E-state index in [0.29, 0.717) is 32.5 Å². The number of hydrogen-bond donors (Lipinski definition) is 1. The van der Waals surface area contributed by atoms with Crippen molar-refractivity contribution in [3.05, 3.63) is 102 Å². The van der Waals surface area contributed by atoms with E-state index in [4.69, 9.17) is 4.74 Å². The van der Waals surface area contributed by atoms with E-state index >= 15 is 0 Å². The normalized spacial score (nSPS) is 11.4. The molecule has 41 heavy (non-hydrogen) atoms. The Bertz CT molecular complexity index is 1440. The largest absolute Gasteiger partial charge is 0.494 e. The van der Waals surface area contributed by atoms with E-state index in [1.54, 1.807) is 17.0 Å². The Balaban J connectivity index is 1.56. The summed E-state index contributed by atoms with van der Waals surface area (Å²) in [4.78, 5) is 34.0. The van der Waals surface area contributed by atoms with Gasteiger partial charge in [0.2, 0.25) is 11.8 Å². The fourth-order valence-electron chi connectivity index (χ4n) is 4.84. The Kier molecular flexibility index (Phi) is 9.82. The number of benzene rings is 3. The minimum absolute atomic E-state index is 0.0583. The lowest BCUT2D eigenvalue weighted by atomic mass is 9.91. The second-order valence-corrected chi connectivity index (χ2v) is 11.6. The molecule has 1 aromatic heterocycles. The van der Waals surface area contributed by atoms with Crippen LogP contribution in [0, 0.1) is 11.2 Å². The molecule has 0 bridgehead atoms. The molecule has 4 rings (SSSR count). The van der Waals surface area contributed by atoms with Crippen molar-refractivity contribution in [2.24, 2.45) is 5.41 Å². The lowest BCUT2D eigenvalue weighted by Gasteiger charge is -2.30. The molecule has 216 valence electrons. The van der Waals surface area contributed by atoms with Gasteiger partial charge in [0.05, 0.1) is 6.61 Å². The Hall–Kier alpha value is -4.13. The SMILES string of the molecule is CCOc1ccc(CN(CCc2c[nH]c3ccccc23)C(=O)CN(Cc2ccc(F)cc2)C(=O)CC(C)(C)C)cc1. The zero-order valence-corrected chi connectivity index (χ0v) is 24.5. The van der Waals surface area contributed by atoms with Crippen LogP contribution in [0.15, 0.2) is 79.0 Å². The molecule has 1 heterocycles. The Morgan fingerprint density at radius 1 is 0.854 bits per heavy atom. The molecular weight excluding hydrogens is 517 g/mol. The van der Waals surface area contributed by atoms with Gasteiger partial charge in [-0.2, -0.15) is 0 Å². The Morgan fingerprint density at radius 3 is 2.15 bits per heavy atom. The zero-order chi connectivity index (χ0) is 29.4. The molecule has 0 saturated carbocycles. The van der Waals surface area contributed by atoms with Gasteiger partial charge in [0, 0.05) is 43.2 Å². The number of rotatable bonds is 12. The molecule has 0 radical (unpaired) electrons. The van der Waals surface area contributed by atoms with Crippen LogP contribution in [-0.2, 0) is 29.1 Å². The van der Waals surface area contributed by atoms with Crippen LogP contribution in [0.4, 0.5) is 4.39 Å². The van der Waals surface area contributed by atoms with Crippen LogP contribution in [0.2, 0.25) is 0 Å². The molecule has 6 nitrogen and oxygen atoms in total. The summed E-state index contributed by atoms with van der Waals surface area (Å²) in [6.07, 6.45) is 2.97. The first-order valence-electron chi connectivity index (χ1n) is 14.2. The second-order valence-electron chi connectivity index (χ2n) is 11.6. The zero-order valence-electron chi connectivity index (χ0n) is 24.5. The van der Waals surface area contributed by atoms with Crippen LogP contribution < -0.4 is 4.74 Å². The molecule has 0 aliphatic heterocycles. The summed E-state index contributed by atoms with van der Waals surface area (Å²) in [7, 11) is 0. The fraction of sp³-hybridized carbons (Fsp3) is 0.353. The van der Waals surface area contributed by atoms with Gasteiger partial charge in [-0.15, -0.1) is 0 Å². The third-order valence-corrected chi connectivity index (χ3v) is 6.93. The van der Waals surface area contributed by atoms with Crippen molar-refractivity contribution in [2.75, 3.05) is 19.7 Å². The number of carbonyl (C=O) groups is 2. The monoisotopic (exact) mass is 557 g/mol. The number of fused-ring (bicyclic) bond motifs is 1. The molecule has 1 N–H and O–H groups in total. The van der Waals surface area contributed by atoms with Crippen LogP contribution in [-0.4, -0.2) is 46.3 Å².